The third-order valence-corrected chi connectivity index (χ3v) is 4.23. The van der Waals surface area contributed by atoms with Gasteiger partial charge in [0.25, 0.3) is 0 Å². The molecule has 1 N–H and O–H groups in total. The van der Waals surface area contributed by atoms with Crippen LogP contribution in [0.1, 0.15) is 42.1 Å². The quantitative estimate of drug-likeness (QED) is 0.879. The van der Waals surface area contributed by atoms with Crippen LogP contribution < -0.4 is 0 Å². The molecule has 1 aromatic carbocycles. The molecule has 1 rings (SSSR count). The Bertz CT molecular complexity index is 424. The summed E-state index contributed by atoms with van der Waals surface area (Å²) in [4.78, 5) is 2.23. The van der Waals surface area contributed by atoms with Crippen LogP contribution in [0.15, 0.2) is 12.1 Å². The normalized spacial score (nSPS) is 15.1. The molecule has 0 fully saturated rings. The first-order valence-electron chi connectivity index (χ1n) is 7.14. The third-order valence-electron chi connectivity index (χ3n) is 4.23. The molecule has 0 aliphatic carbocycles. The molecule has 108 valence electrons. The van der Waals surface area contributed by atoms with Crippen LogP contribution in [0.25, 0.3) is 0 Å². The van der Waals surface area contributed by atoms with Crippen molar-refractivity contribution in [2.75, 3.05) is 20.7 Å². The van der Waals surface area contributed by atoms with E-state index in [4.69, 9.17) is 0 Å². The maximum absolute atomic E-state index is 9.77. The summed E-state index contributed by atoms with van der Waals surface area (Å²) in [7, 11) is 4.20. The molecule has 1 aromatic rings. The minimum atomic E-state index is 0.229. The number of nitrogens with zero attached hydrogens (tertiary/aromatic N) is 1. The molecular weight excluding hydrogens is 234 g/mol. The Labute approximate surface area is 118 Å². The van der Waals surface area contributed by atoms with E-state index in [-0.39, 0.29) is 18.6 Å². The fourth-order valence-electron chi connectivity index (χ4n) is 2.87. The van der Waals surface area contributed by atoms with Crippen molar-refractivity contribution in [2.24, 2.45) is 11.8 Å². The standard InChI is InChI=1S/C17H29NO/c1-11(2)16(10-19)17(18(6)7)15-9-13(4)12(3)8-14(15)5/h8-9,11,16-17,19H,10H2,1-7H3. The molecule has 0 radical (unpaired) electrons. The Kier molecular flexibility index (Phi) is 5.57. The van der Waals surface area contributed by atoms with Crippen molar-refractivity contribution in [3.05, 3.63) is 34.4 Å². The number of aliphatic hydroxyl groups is 1. The Balaban J connectivity index is 3.30. The average Bonchev–Trinajstić information content (AvgIpc) is 2.30. The van der Waals surface area contributed by atoms with Gasteiger partial charge in [0.1, 0.15) is 0 Å². The summed E-state index contributed by atoms with van der Waals surface area (Å²) < 4.78 is 0. The predicted octanol–water partition coefficient (Wildman–Crippen LogP) is 3.48. The highest BCUT2D eigenvalue weighted by molar-refractivity contribution is 5.38. The van der Waals surface area contributed by atoms with Gasteiger partial charge in [0.05, 0.1) is 0 Å². The Morgan fingerprint density at radius 3 is 1.95 bits per heavy atom. The molecule has 0 saturated carbocycles. The second-order valence-electron chi connectivity index (χ2n) is 6.29. The Morgan fingerprint density at radius 1 is 1.00 bits per heavy atom. The van der Waals surface area contributed by atoms with Gasteiger partial charge in [0, 0.05) is 18.6 Å². The first-order valence-corrected chi connectivity index (χ1v) is 7.14. The molecule has 0 aliphatic heterocycles. The fraction of sp³-hybridized carbons (Fsp3) is 0.647. The third kappa shape index (κ3) is 3.58. The number of aryl methyl sites for hydroxylation is 3. The summed E-state index contributed by atoms with van der Waals surface area (Å²) >= 11 is 0. The monoisotopic (exact) mass is 263 g/mol. The summed E-state index contributed by atoms with van der Waals surface area (Å²) in [6.45, 7) is 11.1. The van der Waals surface area contributed by atoms with Gasteiger partial charge in [-0.2, -0.15) is 0 Å². The lowest BCUT2D eigenvalue weighted by atomic mass is 9.82. The van der Waals surface area contributed by atoms with Gasteiger partial charge in [-0.15, -0.1) is 0 Å². The van der Waals surface area contributed by atoms with Crippen molar-refractivity contribution in [3.8, 4) is 0 Å². The highest BCUT2D eigenvalue weighted by atomic mass is 16.3. The molecule has 0 saturated heterocycles. The Morgan fingerprint density at radius 2 is 1.53 bits per heavy atom. The lowest BCUT2D eigenvalue weighted by Gasteiger charge is -2.35. The molecule has 0 heterocycles. The fourth-order valence-corrected chi connectivity index (χ4v) is 2.87. The lowest BCUT2D eigenvalue weighted by Crippen LogP contribution is -2.33. The molecule has 0 aromatic heterocycles. The molecular formula is C17H29NO. The topological polar surface area (TPSA) is 23.5 Å². The van der Waals surface area contributed by atoms with Crippen molar-refractivity contribution in [3.63, 3.8) is 0 Å². The van der Waals surface area contributed by atoms with Gasteiger partial charge >= 0.3 is 0 Å². The van der Waals surface area contributed by atoms with Crippen molar-refractivity contribution in [2.45, 2.75) is 40.7 Å². The van der Waals surface area contributed by atoms with Crippen molar-refractivity contribution >= 4 is 0 Å². The van der Waals surface area contributed by atoms with Gasteiger partial charge in [-0.05, 0) is 63.0 Å². The van der Waals surface area contributed by atoms with Crippen molar-refractivity contribution in [1.29, 1.82) is 0 Å². The van der Waals surface area contributed by atoms with E-state index in [1.165, 1.54) is 22.3 Å². The number of hydrogen-bond donors (Lipinski definition) is 1. The second kappa shape index (κ2) is 6.53. The van der Waals surface area contributed by atoms with Crippen LogP contribution in [0, 0.1) is 32.6 Å². The minimum Gasteiger partial charge on any atom is -0.396 e. The van der Waals surface area contributed by atoms with Gasteiger partial charge in [-0.25, -0.2) is 0 Å². The predicted molar refractivity (Wildman–Crippen MR) is 82.5 cm³/mol. The van der Waals surface area contributed by atoms with E-state index in [0.717, 1.165) is 0 Å². The molecule has 0 amide bonds. The number of hydrogen-bond acceptors (Lipinski definition) is 2. The van der Waals surface area contributed by atoms with Gasteiger partial charge in [0.2, 0.25) is 0 Å². The summed E-state index contributed by atoms with van der Waals surface area (Å²) in [6, 6.07) is 4.82. The van der Waals surface area contributed by atoms with Crippen LogP contribution >= 0.6 is 0 Å². The summed E-state index contributed by atoms with van der Waals surface area (Å²) in [6.07, 6.45) is 0. The summed E-state index contributed by atoms with van der Waals surface area (Å²) in [5.41, 5.74) is 5.33. The van der Waals surface area contributed by atoms with E-state index in [1.54, 1.807) is 0 Å². The maximum Gasteiger partial charge on any atom is 0.0480 e. The van der Waals surface area contributed by atoms with Crippen molar-refractivity contribution < 1.29 is 5.11 Å². The van der Waals surface area contributed by atoms with Crippen LogP contribution in [-0.2, 0) is 0 Å². The molecule has 2 nitrogen and oxygen atoms in total. The zero-order chi connectivity index (χ0) is 14.7. The molecule has 2 atom stereocenters. The van der Waals surface area contributed by atoms with E-state index < -0.39 is 0 Å². The SMILES string of the molecule is Cc1cc(C)c(C(C(CO)C(C)C)N(C)C)cc1C. The van der Waals surface area contributed by atoms with Gasteiger partial charge < -0.3 is 10.0 Å². The maximum atomic E-state index is 9.77. The van der Waals surface area contributed by atoms with E-state index >= 15 is 0 Å². The molecule has 2 unspecified atom stereocenters. The van der Waals surface area contributed by atoms with Gasteiger partial charge in [-0.3, -0.25) is 0 Å². The molecule has 19 heavy (non-hydrogen) atoms. The van der Waals surface area contributed by atoms with Crippen LogP contribution in [0.3, 0.4) is 0 Å². The van der Waals surface area contributed by atoms with Crippen LogP contribution in [0.2, 0.25) is 0 Å². The first kappa shape index (κ1) is 16.2. The van der Waals surface area contributed by atoms with E-state index in [2.05, 4.69) is 65.7 Å². The van der Waals surface area contributed by atoms with E-state index in [9.17, 15) is 5.11 Å². The summed E-state index contributed by atoms with van der Waals surface area (Å²) in [5.74, 6) is 0.717. The molecule has 2 heteroatoms. The highest BCUT2D eigenvalue weighted by Crippen LogP contribution is 2.34. The number of rotatable bonds is 5. The summed E-state index contributed by atoms with van der Waals surface area (Å²) in [5, 5.41) is 9.77. The van der Waals surface area contributed by atoms with E-state index in [1.807, 2.05) is 0 Å². The first-order chi connectivity index (χ1) is 8.79. The second-order valence-corrected chi connectivity index (χ2v) is 6.29. The van der Waals surface area contributed by atoms with Crippen LogP contribution in [-0.4, -0.2) is 30.7 Å². The Hall–Kier alpha value is -0.860. The molecule has 0 spiro atoms. The largest absolute Gasteiger partial charge is 0.396 e. The van der Waals surface area contributed by atoms with Crippen LogP contribution in [0.4, 0.5) is 0 Å². The van der Waals surface area contributed by atoms with E-state index in [0.29, 0.717) is 5.92 Å². The lowest BCUT2D eigenvalue weighted by molar-refractivity contribution is 0.0998. The highest BCUT2D eigenvalue weighted by Gasteiger charge is 2.28. The molecule has 0 bridgehead atoms. The smallest absolute Gasteiger partial charge is 0.0480 e. The van der Waals surface area contributed by atoms with Gasteiger partial charge in [0.15, 0.2) is 0 Å². The number of benzene rings is 1. The zero-order valence-electron chi connectivity index (χ0n) is 13.5. The minimum absolute atomic E-state index is 0.229. The number of aliphatic hydroxyl groups excluding tert-OH is 1. The van der Waals surface area contributed by atoms with Crippen LogP contribution in [0.5, 0.6) is 0 Å². The molecule has 0 aliphatic rings. The van der Waals surface area contributed by atoms with Crippen molar-refractivity contribution in [1.82, 2.24) is 4.90 Å². The average molecular weight is 263 g/mol. The van der Waals surface area contributed by atoms with Gasteiger partial charge in [-0.1, -0.05) is 26.0 Å². The zero-order valence-corrected chi connectivity index (χ0v) is 13.5.